The molecule has 0 N–H and O–H groups in total. The molecular weight excluding hydrogens is 418 g/mol. The van der Waals surface area contributed by atoms with Gasteiger partial charge in [0.2, 0.25) is 5.91 Å². The van der Waals surface area contributed by atoms with Crippen molar-refractivity contribution in [2.24, 2.45) is 0 Å². The lowest BCUT2D eigenvalue weighted by molar-refractivity contribution is -0.143. The highest BCUT2D eigenvalue weighted by molar-refractivity contribution is 5.87. The van der Waals surface area contributed by atoms with Crippen molar-refractivity contribution in [3.05, 3.63) is 66.2 Å². The maximum absolute atomic E-state index is 13.2. The fraction of sp³-hybridized carbons (Fsp3) is 0.385. The van der Waals surface area contributed by atoms with Crippen molar-refractivity contribution in [2.45, 2.75) is 12.5 Å². The second kappa shape index (κ2) is 9.67. The van der Waals surface area contributed by atoms with Crippen LogP contribution >= 0.6 is 0 Å². The van der Waals surface area contributed by atoms with E-state index in [1.54, 1.807) is 4.90 Å². The van der Waals surface area contributed by atoms with Crippen molar-refractivity contribution in [1.82, 2.24) is 9.80 Å². The molecule has 0 spiro atoms. The number of hydrogen-bond acceptors (Lipinski definition) is 5. The lowest BCUT2D eigenvalue weighted by Gasteiger charge is -2.39. The van der Waals surface area contributed by atoms with Gasteiger partial charge in [-0.2, -0.15) is 0 Å². The fourth-order valence-corrected chi connectivity index (χ4v) is 4.65. The lowest BCUT2D eigenvalue weighted by atomic mass is 9.99. The molecule has 3 aliphatic rings. The molecule has 2 aromatic rings. The molecule has 33 heavy (non-hydrogen) atoms. The largest absolute Gasteiger partial charge is 0.477 e. The summed E-state index contributed by atoms with van der Waals surface area (Å²) in [7, 11) is 0. The molecule has 0 unspecified atom stereocenters. The standard InChI is InChI=1S/C26H29N3O4/c30-25(27-12-10-21(11-13-27)20-6-2-1-3-7-20)19-29-18-24(26(31)28-14-16-32-17-15-28)33-23-9-5-4-8-22(23)29/h1-10,24H,11-19H2/t24-/m0/s1. The lowest BCUT2D eigenvalue weighted by Crippen LogP contribution is -2.54. The van der Waals surface area contributed by atoms with Gasteiger partial charge in [-0.1, -0.05) is 48.5 Å². The number of ether oxygens (including phenoxy) is 2. The Morgan fingerprint density at radius 2 is 1.67 bits per heavy atom. The minimum absolute atomic E-state index is 0.0429. The molecule has 172 valence electrons. The predicted molar refractivity (Wildman–Crippen MR) is 126 cm³/mol. The highest BCUT2D eigenvalue weighted by Crippen LogP contribution is 2.33. The van der Waals surface area contributed by atoms with Crippen molar-refractivity contribution in [1.29, 1.82) is 0 Å². The smallest absolute Gasteiger partial charge is 0.265 e. The molecule has 3 aliphatic heterocycles. The summed E-state index contributed by atoms with van der Waals surface area (Å²) in [6, 6.07) is 17.9. The van der Waals surface area contributed by atoms with Gasteiger partial charge in [0.1, 0.15) is 5.75 Å². The van der Waals surface area contributed by atoms with Crippen LogP contribution in [0.15, 0.2) is 60.7 Å². The molecule has 0 radical (unpaired) electrons. The Balaban J connectivity index is 1.27. The van der Waals surface area contributed by atoms with Gasteiger partial charge in [-0.3, -0.25) is 9.59 Å². The van der Waals surface area contributed by atoms with Crippen LogP contribution in [0.1, 0.15) is 12.0 Å². The average molecular weight is 448 g/mol. The van der Waals surface area contributed by atoms with Gasteiger partial charge in [-0.15, -0.1) is 0 Å². The summed E-state index contributed by atoms with van der Waals surface area (Å²) >= 11 is 0. The highest BCUT2D eigenvalue weighted by Gasteiger charge is 2.35. The van der Waals surface area contributed by atoms with E-state index in [1.165, 1.54) is 11.1 Å². The van der Waals surface area contributed by atoms with Gasteiger partial charge < -0.3 is 24.2 Å². The first-order valence-electron chi connectivity index (χ1n) is 11.6. The summed E-state index contributed by atoms with van der Waals surface area (Å²) in [6.45, 7) is 4.12. The number of hydrogen-bond donors (Lipinski definition) is 0. The van der Waals surface area contributed by atoms with Crippen LogP contribution in [0.4, 0.5) is 5.69 Å². The van der Waals surface area contributed by atoms with Gasteiger partial charge in [0.25, 0.3) is 5.91 Å². The molecule has 0 aromatic heterocycles. The van der Waals surface area contributed by atoms with Crippen molar-refractivity contribution >= 4 is 23.1 Å². The molecule has 7 heteroatoms. The first kappa shape index (κ1) is 21.5. The molecule has 5 rings (SSSR count). The van der Waals surface area contributed by atoms with E-state index in [0.29, 0.717) is 51.7 Å². The summed E-state index contributed by atoms with van der Waals surface area (Å²) in [5, 5.41) is 0. The average Bonchev–Trinajstić information content (AvgIpc) is 2.89. The van der Waals surface area contributed by atoms with Gasteiger partial charge >= 0.3 is 0 Å². The van der Waals surface area contributed by atoms with E-state index >= 15 is 0 Å². The molecule has 1 saturated heterocycles. The third-order valence-corrected chi connectivity index (χ3v) is 6.49. The molecule has 3 heterocycles. The third kappa shape index (κ3) is 4.73. The van der Waals surface area contributed by atoms with E-state index in [2.05, 4.69) is 18.2 Å². The molecule has 0 saturated carbocycles. The van der Waals surface area contributed by atoms with E-state index in [4.69, 9.17) is 9.47 Å². The zero-order valence-corrected chi connectivity index (χ0v) is 18.7. The van der Waals surface area contributed by atoms with E-state index in [9.17, 15) is 9.59 Å². The van der Waals surface area contributed by atoms with E-state index in [1.807, 2.05) is 52.3 Å². The zero-order valence-electron chi connectivity index (χ0n) is 18.7. The summed E-state index contributed by atoms with van der Waals surface area (Å²) < 4.78 is 11.4. The van der Waals surface area contributed by atoms with Crippen LogP contribution in [0.2, 0.25) is 0 Å². The van der Waals surface area contributed by atoms with Crippen molar-refractivity contribution in [2.75, 3.05) is 57.4 Å². The first-order chi connectivity index (χ1) is 16.2. The Morgan fingerprint density at radius 3 is 2.42 bits per heavy atom. The summed E-state index contributed by atoms with van der Waals surface area (Å²) in [6.07, 6.45) is 2.36. The van der Waals surface area contributed by atoms with E-state index in [0.717, 1.165) is 12.1 Å². The second-order valence-electron chi connectivity index (χ2n) is 8.58. The van der Waals surface area contributed by atoms with Crippen LogP contribution in [0.25, 0.3) is 5.57 Å². The Kier molecular flexibility index (Phi) is 6.30. The molecule has 2 amide bonds. The molecule has 1 fully saturated rings. The van der Waals surface area contributed by atoms with Gasteiger partial charge in [-0.25, -0.2) is 0 Å². The van der Waals surface area contributed by atoms with Crippen LogP contribution in [-0.4, -0.2) is 80.2 Å². The molecular formula is C26H29N3O4. The summed E-state index contributed by atoms with van der Waals surface area (Å²) in [5.74, 6) is 0.666. The minimum Gasteiger partial charge on any atom is -0.477 e. The van der Waals surface area contributed by atoms with Crippen molar-refractivity contribution in [3.8, 4) is 5.75 Å². The minimum atomic E-state index is -0.628. The number of fused-ring (bicyclic) bond motifs is 1. The van der Waals surface area contributed by atoms with Gasteiger partial charge in [0.05, 0.1) is 32.0 Å². The van der Waals surface area contributed by atoms with Crippen LogP contribution < -0.4 is 9.64 Å². The summed E-state index contributed by atoms with van der Waals surface area (Å²) in [4.78, 5) is 32.0. The topological polar surface area (TPSA) is 62.3 Å². The van der Waals surface area contributed by atoms with E-state index in [-0.39, 0.29) is 18.4 Å². The van der Waals surface area contributed by atoms with E-state index < -0.39 is 6.10 Å². The second-order valence-corrected chi connectivity index (χ2v) is 8.58. The first-order valence-corrected chi connectivity index (χ1v) is 11.6. The van der Waals surface area contributed by atoms with Crippen LogP contribution in [-0.2, 0) is 14.3 Å². The number of morpholine rings is 1. The number of nitrogens with zero attached hydrogens (tertiary/aromatic N) is 3. The number of anilines is 1. The Hall–Kier alpha value is -3.32. The zero-order chi connectivity index (χ0) is 22.6. The number of carbonyl (C=O) groups excluding carboxylic acids is 2. The molecule has 0 aliphatic carbocycles. The molecule has 2 aromatic carbocycles. The number of carbonyl (C=O) groups is 2. The Labute approximate surface area is 194 Å². The fourth-order valence-electron chi connectivity index (χ4n) is 4.65. The number of amides is 2. The third-order valence-electron chi connectivity index (χ3n) is 6.49. The van der Waals surface area contributed by atoms with Crippen LogP contribution in [0.5, 0.6) is 5.75 Å². The maximum Gasteiger partial charge on any atom is 0.265 e. The SMILES string of the molecule is O=C(CN1C[C@@H](C(=O)N2CCOCC2)Oc2ccccc21)N1CC=C(c2ccccc2)CC1. The van der Waals surface area contributed by atoms with Gasteiger partial charge in [0.15, 0.2) is 6.10 Å². The summed E-state index contributed by atoms with van der Waals surface area (Å²) in [5.41, 5.74) is 3.36. The predicted octanol–water partition coefficient (Wildman–Crippen LogP) is 2.43. The van der Waals surface area contributed by atoms with Crippen LogP contribution in [0.3, 0.4) is 0 Å². The Bertz CT molecular complexity index is 1030. The van der Waals surface area contributed by atoms with Crippen molar-refractivity contribution in [3.63, 3.8) is 0 Å². The number of benzene rings is 2. The van der Waals surface area contributed by atoms with Gasteiger partial charge in [0, 0.05) is 26.2 Å². The Morgan fingerprint density at radius 1 is 0.909 bits per heavy atom. The maximum atomic E-state index is 13.2. The molecule has 7 nitrogen and oxygen atoms in total. The normalized spacial score (nSPS) is 20.5. The van der Waals surface area contributed by atoms with Gasteiger partial charge in [-0.05, 0) is 29.7 Å². The monoisotopic (exact) mass is 447 g/mol. The van der Waals surface area contributed by atoms with Crippen LogP contribution in [0, 0.1) is 0 Å². The molecule has 0 bridgehead atoms. The number of para-hydroxylation sites is 2. The molecule has 1 atom stereocenters. The quantitative estimate of drug-likeness (QED) is 0.721. The van der Waals surface area contributed by atoms with Crippen molar-refractivity contribution < 1.29 is 19.1 Å². The highest BCUT2D eigenvalue weighted by atomic mass is 16.5. The number of rotatable bonds is 4.